The van der Waals surface area contributed by atoms with Crippen molar-refractivity contribution in [3.05, 3.63) is 46.3 Å². The van der Waals surface area contributed by atoms with Gasteiger partial charge in [-0.3, -0.25) is 0 Å². The summed E-state index contributed by atoms with van der Waals surface area (Å²) in [5.41, 5.74) is 0.0503. The summed E-state index contributed by atoms with van der Waals surface area (Å²) >= 11 is 0. The Labute approximate surface area is 113 Å². The van der Waals surface area contributed by atoms with Crippen LogP contribution in [0, 0.1) is 0 Å². The van der Waals surface area contributed by atoms with E-state index >= 15 is 0 Å². The Kier molecular flexibility index (Phi) is 2.84. The standard InChI is InChI=1S/C15H12O5/c16-7-6-8-2-1-3-9-10-4-5-11(17)13(18)14(10)20-15(19)12(8)9/h1-5,16-18H,6-7H2. The second-order valence-corrected chi connectivity index (χ2v) is 4.51. The summed E-state index contributed by atoms with van der Waals surface area (Å²) in [6, 6.07) is 8.19. The quantitative estimate of drug-likeness (QED) is 0.376. The molecule has 0 spiro atoms. The number of aliphatic hydroxyl groups is 1. The summed E-state index contributed by atoms with van der Waals surface area (Å²) in [6.45, 7) is -0.0720. The zero-order valence-corrected chi connectivity index (χ0v) is 10.5. The second kappa shape index (κ2) is 4.54. The minimum absolute atomic E-state index is 0.0383. The fourth-order valence-corrected chi connectivity index (χ4v) is 2.41. The Morgan fingerprint density at radius 3 is 2.60 bits per heavy atom. The summed E-state index contributed by atoms with van der Waals surface area (Å²) in [7, 11) is 0. The van der Waals surface area contributed by atoms with E-state index in [9.17, 15) is 15.0 Å². The first-order valence-electron chi connectivity index (χ1n) is 6.13. The monoisotopic (exact) mass is 272 g/mol. The van der Waals surface area contributed by atoms with E-state index in [4.69, 9.17) is 9.52 Å². The van der Waals surface area contributed by atoms with Crippen LogP contribution in [0.2, 0.25) is 0 Å². The predicted octanol–water partition coefficient (Wildman–Crippen LogP) is 1.89. The summed E-state index contributed by atoms with van der Waals surface area (Å²) in [4.78, 5) is 12.1. The van der Waals surface area contributed by atoms with Crippen LogP contribution >= 0.6 is 0 Å². The Morgan fingerprint density at radius 2 is 1.85 bits per heavy atom. The van der Waals surface area contributed by atoms with Gasteiger partial charge in [-0.25, -0.2) is 4.79 Å². The van der Waals surface area contributed by atoms with Crippen molar-refractivity contribution >= 4 is 21.7 Å². The molecule has 0 saturated heterocycles. The van der Waals surface area contributed by atoms with Gasteiger partial charge in [-0.1, -0.05) is 18.2 Å². The third-order valence-corrected chi connectivity index (χ3v) is 3.33. The van der Waals surface area contributed by atoms with Gasteiger partial charge >= 0.3 is 5.63 Å². The maximum absolute atomic E-state index is 12.1. The molecule has 0 atom stereocenters. The van der Waals surface area contributed by atoms with Crippen LogP contribution in [0.4, 0.5) is 0 Å². The van der Waals surface area contributed by atoms with Crippen LogP contribution in [0.15, 0.2) is 39.5 Å². The van der Waals surface area contributed by atoms with E-state index in [1.54, 1.807) is 24.3 Å². The first-order chi connectivity index (χ1) is 9.63. The number of hydrogen-bond donors (Lipinski definition) is 3. The van der Waals surface area contributed by atoms with Gasteiger partial charge < -0.3 is 19.7 Å². The molecular weight excluding hydrogens is 260 g/mol. The van der Waals surface area contributed by atoms with E-state index in [2.05, 4.69) is 0 Å². The Morgan fingerprint density at radius 1 is 1.05 bits per heavy atom. The lowest BCUT2D eigenvalue weighted by molar-refractivity contribution is 0.300. The molecular formula is C15H12O5. The normalized spacial score (nSPS) is 11.2. The Balaban J connectivity index is 2.53. The number of hydrogen-bond acceptors (Lipinski definition) is 5. The van der Waals surface area contributed by atoms with Gasteiger partial charge in [-0.2, -0.15) is 0 Å². The molecule has 1 aromatic heterocycles. The molecule has 102 valence electrons. The number of fused-ring (bicyclic) bond motifs is 3. The van der Waals surface area contributed by atoms with E-state index < -0.39 is 11.4 Å². The van der Waals surface area contributed by atoms with Gasteiger partial charge in [0, 0.05) is 17.4 Å². The van der Waals surface area contributed by atoms with Crippen LogP contribution < -0.4 is 5.63 Å². The van der Waals surface area contributed by atoms with E-state index in [1.165, 1.54) is 6.07 Å². The average molecular weight is 272 g/mol. The molecule has 0 bridgehead atoms. The molecule has 5 nitrogen and oxygen atoms in total. The third-order valence-electron chi connectivity index (χ3n) is 3.33. The number of aromatic hydroxyl groups is 2. The molecule has 0 aliphatic heterocycles. The molecule has 0 aliphatic rings. The Hall–Kier alpha value is -2.53. The molecule has 1 heterocycles. The SMILES string of the molecule is O=c1oc2c(O)c(O)ccc2c2cccc(CCO)c12. The minimum atomic E-state index is -0.600. The van der Waals surface area contributed by atoms with Crippen LogP contribution in [0.5, 0.6) is 11.5 Å². The fraction of sp³-hybridized carbons (Fsp3) is 0.133. The largest absolute Gasteiger partial charge is 0.504 e. The number of benzene rings is 2. The third kappa shape index (κ3) is 1.71. The number of rotatable bonds is 2. The molecule has 3 aromatic rings. The van der Waals surface area contributed by atoms with Crippen LogP contribution in [0.1, 0.15) is 5.56 Å². The van der Waals surface area contributed by atoms with Gasteiger partial charge in [0.1, 0.15) is 0 Å². The molecule has 0 fully saturated rings. The van der Waals surface area contributed by atoms with Gasteiger partial charge in [0.05, 0.1) is 5.39 Å². The van der Waals surface area contributed by atoms with Crippen LogP contribution in [0.25, 0.3) is 21.7 Å². The minimum Gasteiger partial charge on any atom is -0.504 e. The van der Waals surface area contributed by atoms with Gasteiger partial charge in [0.25, 0.3) is 0 Å². The van der Waals surface area contributed by atoms with Gasteiger partial charge in [0.15, 0.2) is 11.3 Å². The summed E-state index contributed by atoms with van der Waals surface area (Å²) in [5, 5.41) is 29.9. The maximum atomic E-state index is 12.1. The van der Waals surface area contributed by atoms with E-state index in [-0.39, 0.29) is 17.9 Å². The molecule has 0 amide bonds. The van der Waals surface area contributed by atoms with Crippen molar-refractivity contribution < 1.29 is 19.7 Å². The van der Waals surface area contributed by atoms with Crippen molar-refractivity contribution in [3.8, 4) is 11.5 Å². The van der Waals surface area contributed by atoms with E-state index in [0.717, 1.165) is 0 Å². The number of phenolic OH excluding ortho intramolecular Hbond substituents is 2. The van der Waals surface area contributed by atoms with Crippen LogP contribution in [0.3, 0.4) is 0 Å². The molecule has 3 N–H and O–H groups in total. The Bertz CT molecular complexity index is 863. The molecule has 3 rings (SSSR count). The lowest BCUT2D eigenvalue weighted by Gasteiger charge is -2.08. The molecule has 0 saturated carbocycles. The van der Waals surface area contributed by atoms with Crippen molar-refractivity contribution in [2.24, 2.45) is 0 Å². The highest BCUT2D eigenvalue weighted by molar-refractivity contribution is 6.07. The highest BCUT2D eigenvalue weighted by atomic mass is 16.4. The molecule has 0 radical (unpaired) electrons. The van der Waals surface area contributed by atoms with E-state index in [1.807, 2.05) is 0 Å². The van der Waals surface area contributed by atoms with Gasteiger partial charge in [-0.05, 0) is 24.1 Å². The summed E-state index contributed by atoms with van der Waals surface area (Å²) in [6.07, 6.45) is 0.345. The fourth-order valence-electron chi connectivity index (χ4n) is 2.41. The summed E-state index contributed by atoms with van der Waals surface area (Å²) in [5.74, 6) is -0.791. The molecule has 20 heavy (non-hydrogen) atoms. The lowest BCUT2D eigenvalue weighted by atomic mass is 10.0. The van der Waals surface area contributed by atoms with Gasteiger partial charge in [-0.15, -0.1) is 0 Å². The topological polar surface area (TPSA) is 90.9 Å². The van der Waals surface area contributed by atoms with Crippen molar-refractivity contribution in [2.75, 3.05) is 6.61 Å². The van der Waals surface area contributed by atoms with Gasteiger partial charge in [0.2, 0.25) is 5.75 Å². The highest BCUT2D eigenvalue weighted by Crippen LogP contribution is 2.36. The van der Waals surface area contributed by atoms with Crippen LogP contribution in [-0.2, 0) is 6.42 Å². The zero-order valence-electron chi connectivity index (χ0n) is 10.5. The highest BCUT2D eigenvalue weighted by Gasteiger charge is 2.15. The van der Waals surface area contributed by atoms with Crippen LogP contribution in [-0.4, -0.2) is 21.9 Å². The first kappa shape index (κ1) is 12.5. The summed E-state index contributed by atoms with van der Waals surface area (Å²) < 4.78 is 5.13. The lowest BCUT2D eigenvalue weighted by Crippen LogP contribution is -2.05. The maximum Gasteiger partial charge on any atom is 0.344 e. The second-order valence-electron chi connectivity index (χ2n) is 4.51. The smallest absolute Gasteiger partial charge is 0.344 e. The van der Waals surface area contributed by atoms with Crippen molar-refractivity contribution in [2.45, 2.75) is 6.42 Å². The zero-order chi connectivity index (χ0) is 14.3. The molecule has 0 aliphatic carbocycles. The van der Waals surface area contributed by atoms with Crippen molar-refractivity contribution in [1.82, 2.24) is 0 Å². The molecule has 0 unspecified atom stereocenters. The van der Waals surface area contributed by atoms with E-state index in [0.29, 0.717) is 28.1 Å². The number of phenols is 2. The van der Waals surface area contributed by atoms with Crippen molar-refractivity contribution in [3.63, 3.8) is 0 Å². The van der Waals surface area contributed by atoms with Crippen molar-refractivity contribution in [1.29, 1.82) is 0 Å². The average Bonchev–Trinajstić information content (AvgIpc) is 2.44. The molecule has 5 heteroatoms. The molecule has 2 aromatic carbocycles. The first-order valence-corrected chi connectivity index (χ1v) is 6.13. The predicted molar refractivity (Wildman–Crippen MR) is 74.1 cm³/mol. The number of aliphatic hydroxyl groups excluding tert-OH is 1.